The first-order chi connectivity index (χ1) is 11.8. The van der Waals surface area contributed by atoms with Gasteiger partial charge in [0.25, 0.3) is 12.6 Å². The third-order valence-electron chi connectivity index (χ3n) is 3.41. The van der Waals surface area contributed by atoms with Crippen LogP contribution in [0.5, 0.6) is 11.5 Å². The molecular formula is C18H16O6. The summed E-state index contributed by atoms with van der Waals surface area (Å²) in [4.78, 5) is 21.4. The van der Waals surface area contributed by atoms with Crippen molar-refractivity contribution in [2.24, 2.45) is 0 Å². The molecule has 0 spiro atoms. The molecule has 6 heteroatoms. The van der Waals surface area contributed by atoms with E-state index < -0.39 is 12.6 Å². The van der Waals surface area contributed by atoms with Crippen LogP contribution in [0.25, 0.3) is 0 Å². The van der Waals surface area contributed by atoms with Crippen molar-refractivity contribution in [2.45, 2.75) is 12.6 Å². The molecule has 3 rings (SSSR count). The Labute approximate surface area is 138 Å². The summed E-state index contributed by atoms with van der Waals surface area (Å²) in [5.74, 6) is 1.09. The van der Waals surface area contributed by atoms with E-state index >= 15 is 0 Å². The van der Waals surface area contributed by atoms with Gasteiger partial charge in [0.05, 0.1) is 13.2 Å². The van der Waals surface area contributed by atoms with Gasteiger partial charge in [-0.3, -0.25) is 9.59 Å². The van der Waals surface area contributed by atoms with Crippen molar-refractivity contribution >= 4 is 12.6 Å². The lowest BCUT2D eigenvalue weighted by Crippen LogP contribution is -2.45. The first-order valence-corrected chi connectivity index (χ1v) is 7.45. The number of ether oxygens (including phenoxy) is 4. The lowest BCUT2D eigenvalue weighted by atomic mass is 10.2. The monoisotopic (exact) mass is 328 g/mol. The summed E-state index contributed by atoms with van der Waals surface area (Å²) in [5.41, 5.74) is 1.12. The molecule has 0 aliphatic carbocycles. The molecule has 0 unspecified atom stereocenters. The SMILES string of the molecule is O=Cc1ccc(O[C@H]2OCCO[C@@H]2Oc2ccc(C=O)cc2)cc1. The van der Waals surface area contributed by atoms with Crippen LogP contribution in [0.1, 0.15) is 20.7 Å². The first-order valence-electron chi connectivity index (χ1n) is 7.45. The van der Waals surface area contributed by atoms with Gasteiger partial charge < -0.3 is 18.9 Å². The third kappa shape index (κ3) is 3.98. The van der Waals surface area contributed by atoms with Crippen LogP contribution < -0.4 is 9.47 Å². The van der Waals surface area contributed by atoms with Gasteiger partial charge in [0.2, 0.25) is 0 Å². The molecule has 1 aliphatic heterocycles. The summed E-state index contributed by atoms with van der Waals surface area (Å²) in [6.07, 6.45) is 0.0378. The van der Waals surface area contributed by atoms with Gasteiger partial charge in [0, 0.05) is 11.1 Å². The topological polar surface area (TPSA) is 71.1 Å². The standard InChI is InChI=1S/C18H16O6/c19-11-13-1-5-15(6-2-13)23-17-18(22-10-9-21-17)24-16-7-3-14(12-20)4-8-16/h1-8,11-12,17-18H,9-10H2/t17-,18-/m1/s1. The predicted octanol–water partition coefficient (Wildman–Crippen LogP) is 2.47. The lowest BCUT2D eigenvalue weighted by molar-refractivity contribution is -0.271. The zero-order chi connectivity index (χ0) is 16.8. The van der Waals surface area contributed by atoms with Gasteiger partial charge >= 0.3 is 0 Å². The van der Waals surface area contributed by atoms with E-state index in [-0.39, 0.29) is 0 Å². The average molecular weight is 328 g/mol. The smallest absolute Gasteiger partial charge is 0.263 e. The van der Waals surface area contributed by atoms with Crippen molar-refractivity contribution in [2.75, 3.05) is 13.2 Å². The molecule has 0 amide bonds. The Kier molecular flexibility index (Phi) is 5.20. The van der Waals surface area contributed by atoms with Crippen LogP contribution in [-0.2, 0) is 9.47 Å². The second kappa shape index (κ2) is 7.72. The van der Waals surface area contributed by atoms with Crippen molar-refractivity contribution in [1.82, 2.24) is 0 Å². The highest BCUT2D eigenvalue weighted by atomic mass is 16.8. The van der Waals surface area contributed by atoms with Crippen molar-refractivity contribution in [3.63, 3.8) is 0 Å². The number of rotatable bonds is 6. The summed E-state index contributed by atoms with van der Waals surface area (Å²) in [6, 6.07) is 13.3. The van der Waals surface area contributed by atoms with Crippen molar-refractivity contribution in [3.8, 4) is 11.5 Å². The molecule has 0 bridgehead atoms. The highest BCUT2D eigenvalue weighted by Gasteiger charge is 2.31. The van der Waals surface area contributed by atoms with Crippen LogP contribution in [0.15, 0.2) is 48.5 Å². The van der Waals surface area contributed by atoms with Crippen LogP contribution in [-0.4, -0.2) is 38.4 Å². The summed E-state index contributed by atoms with van der Waals surface area (Å²) in [6.45, 7) is 0.780. The van der Waals surface area contributed by atoms with E-state index in [9.17, 15) is 9.59 Å². The molecule has 0 saturated carbocycles. The fourth-order valence-electron chi connectivity index (χ4n) is 2.18. The molecule has 1 fully saturated rings. The maximum Gasteiger partial charge on any atom is 0.263 e. The Hall–Kier alpha value is -2.70. The molecule has 2 atom stereocenters. The van der Waals surface area contributed by atoms with Crippen molar-refractivity contribution < 1.29 is 28.5 Å². The molecule has 0 N–H and O–H groups in total. The molecule has 1 aliphatic rings. The number of aldehydes is 2. The number of carbonyl (C=O) groups is 2. The molecule has 1 saturated heterocycles. The van der Waals surface area contributed by atoms with Gasteiger partial charge in [0.15, 0.2) is 0 Å². The van der Waals surface area contributed by atoms with E-state index in [0.29, 0.717) is 35.8 Å². The minimum Gasteiger partial charge on any atom is -0.458 e. The maximum absolute atomic E-state index is 10.7. The summed E-state index contributed by atoms with van der Waals surface area (Å²) in [7, 11) is 0. The summed E-state index contributed by atoms with van der Waals surface area (Å²) < 4.78 is 22.6. The highest BCUT2D eigenvalue weighted by molar-refractivity contribution is 5.75. The average Bonchev–Trinajstić information content (AvgIpc) is 2.64. The Morgan fingerprint density at radius 1 is 0.708 bits per heavy atom. The van der Waals surface area contributed by atoms with Gasteiger partial charge in [-0.25, -0.2) is 0 Å². The second-order valence-corrected chi connectivity index (χ2v) is 5.09. The van der Waals surface area contributed by atoms with Gasteiger partial charge in [-0.15, -0.1) is 0 Å². The Balaban J connectivity index is 1.67. The molecule has 0 aromatic heterocycles. The maximum atomic E-state index is 10.7. The van der Waals surface area contributed by atoms with E-state index in [2.05, 4.69) is 0 Å². The summed E-state index contributed by atoms with van der Waals surface area (Å²) >= 11 is 0. The molecule has 2 aromatic carbocycles. The molecule has 24 heavy (non-hydrogen) atoms. The van der Waals surface area contributed by atoms with Crippen molar-refractivity contribution in [3.05, 3.63) is 59.7 Å². The first kappa shape index (κ1) is 16.2. The normalized spacial score (nSPS) is 20.2. The second-order valence-electron chi connectivity index (χ2n) is 5.09. The van der Waals surface area contributed by atoms with Gasteiger partial charge in [-0.05, 0) is 48.5 Å². The van der Waals surface area contributed by atoms with Crippen LogP contribution >= 0.6 is 0 Å². The van der Waals surface area contributed by atoms with Crippen LogP contribution in [0.2, 0.25) is 0 Å². The van der Waals surface area contributed by atoms with E-state index in [1.165, 1.54) is 0 Å². The molecule has 6 nitrogen and oxygen atoms in total. The van der Waals surface area contributed by atoms with E-state index in [1.54, 1.807) is 48.5 Å². The zero-order valence-electron chi connectivity index (χ0n) is 12.8. The number of hydrogen-bond donors (Lipinski definition) is 0. The van der Waals surface area contributed by atoms with Crippen molar-refractivity contribution in [1.29, 1.82) is 0 Å². The summed E-state index contributed by atoms with van der Waals surface area (Å²) in [5, 5.41) is 0. The number of carbonyl (C=O) groups excluding carboxylic acids is 2. The Bertz CT molecular complexity index is 618. The molecule has 0 radical (unpaired) electrons. The Morgan fingerprint density at radius 3 is 1.42 bits per heavy atom. The third-order valence-corrected chi connectivity index (χ3v) is 3.41. The zero-order valence-corrected chi connectivity index (χ0v) is 12.8. The highest BCUT2D eigenvalue weighted by Crippen LogP contribution is 2.22. The predicted molar refractivity (Wildman–Crippen MR) is 84.4 cm³/mol. The van der Waals surface area contributed by atoms with Gasteiger partial charge in [-0.2, -0.15) is 0 Å². The minimum atomic E-state index is -0.744. The van der Waals surface area contributed by atoms with Gasteiger partial charge in [0.1, 0.15) is 24.1 Å². The number of benzene rings is 2. The fraction of sp³-hybridized carbons (Fsp3) is 0.222. The number of hydrogen-bond acceptors (Lipinski definition) is 6. The van der Waals surface area contributed by atoms with E-state index in [1.807, 2.05) is 0 Å². The molecule has 2 aromatic rings. The molecule has 124 valence electrons. The van der Waals surface area contributed by atoms with Crippen LogP contribution in [0, 0.1) is 0 Å². The van der Waals surface area contributed by atoms with Crippen LogP contribution in [0.3, 0.4) is 0 Å². The minimum absolute atomic E-state index is 0.390. The van der Waals surface area contributed by atoms with Gasteiger partial charge in [-0.1, -0.05) is 0 Å². The largest absolute Gasteiger partial charge is 0.458 e. The quantitative estimate of drug-likeness (QED) is 0.759. The lowest BCUT2D eigenvalue weighted by Gasteiger charge is -2.31. The van der Waals surface area contributed by atoms with E-state index in [4.69, 9.17) is 18.9 Å². The van der Waals surface area contributed by atoms with E-state index in [0.717, 1.165) is 12.6 Å². The Morgan fingerprint density at radius 2 is 1.08 bits per heavy atom. The molecule has 1 heterocycles. The fourth-order valence-corrected chi connectivity index (χ4v) is 2.18. The van der Waals surface area contributed by atoms with Crippen LogP contribution in [0.4, 0.5) is 0 Å². The molecular weight excluding hydrogens is 312 g/mol.